The molecule has 0 saturated heterocycles. The van der Waals surface area contributed by atoms with Gasteiger partial charge in [-0.05, 0) is 43.5 Å². The average molecular weight is 332 g/mol. The first kappa shape index (κ1) is 15.8. The first-order chi connectivity index (χ1) is 11.0. The molecular formula is C17H20N2O3S. The van der Waals surface area contributed by atoms with Crippen molar-refractivity contribution in [2.75, 3.05) is 13.2 Å². The largest absolute Gasteiger partial charge is 0.462 e. The maximum Gasteiger partial charge on any atom is 0.348 e. The van der Waals surface area contributed by atoms with Crippen molar-refractivity contribution >= 4 is 23.2 Å². The van der Waals surface area contributed by atoms with Crippen molar-refractivity contribution < 1.29 is 14.3 Å². The summed E-state index contributed by atoms with van der Waals surface area (Å²) in [5.41, 5.74) is 2.74. The number of nitrogens with zero attached hydrogens (tertiary/aromatic N) is 2. The summed E-state index contributed by atoms with van der Waals surface area (Å²) in [6, 6.07) is 3.71. The number of thiophene rings is 1. The molecule has 0 saturated carbocycles. The van der Waals surface area contributed by atoms with Gasteiger partial charge in [-0.15, -0.1) is 11.3 Å². The number of hydrogen-bond acceptors (Lipinski definition) is 4. The fraction of sp³-hybridized carbons (Fsp3) is 0.412. The smallest absolute Gasteiger partial charge is 0.348 e. The molecule has 122 valence electrons. The van der Waals surface area contributed by atoms with Crippen LogP contribution in [0.3, 0.4) is 0 Å². The minimum absolute atomic E-state index is 0.0337. The highest BCUT2D eigenvalue weighted by atomic mass is 32.1. The summed E-state index contributed by atoms with van der Waals surface area (Å²) in [6.07, 6.45) is 2.66. The second-order valence-corrected chi connectivity index (χ2v) is 6.76. The number of carbonyl (C=O) groups excluding carboxylic acids is 2. The molecule has 2 aromatic heterocycles. The SMILES string of the molecule is CCOC(=O)c1sc2c(c1C)CN(C(=O)c1cccn1C)CC2. The molecule has 0 radical (unpaired) electrons. The zero-order valence-electron chi connectivity index (χ0n) is 13.6. The molecule has 1 amide bonds. The Morgan fingerprint density at radius 3 is 2.83 bits per heavy atom. The molecule has 0 aliphatic carbocycles. The topological polar surface area (TPSA) is 51.5 Å². The van der Waals surface area contributed by atoms with E-state index in [-0.39, 0.29) is 11.9 Å². The number of rotatable bonds is 3. The molecule has 2 aromatic rings. The molecule has 1 aliphatic rings. The Morgan fingerprint density at radius 1 is 1.39 bits per heavy atom. The van der Waals surface area contributed by atoms with Gasteiger partial charge in [-0.25, -0.2) is 4.79 Å². The zero-order valence-corrected chi connectivity index (χ0v) is 14.4. The third-order valence-electron chi connectivity index (χ3n) is 4.22. The van der Waals surface area contributed by atoms with E-state index in [1.54, 1.807) is 6.92 Å². The highest BCUT2D eigenvalue weighted by Gasteiger charge is 2.28. The van der Waals surface area contributed by atoms with Crippen LogP contribution >= 0.6 is 11.3 Å². The number of amides is 1. The molecule has 0 unspecified atom stereocenters. The van der Waals surface area contributed by atoms with E-state index in [0.29, 0.717) is 30.3 Å². The van der Waals surface area contributed by atoms with Gasteiger partial charge in [-0.1, -0.05) is 0 Å². The minimum Gasteiger partial charge on any atom is -0.462 e. The molecule has 23 heavy (non-hydrogen) atoms. The summed E-state index contributed by atoms with van der Waals surface area (Å²) < 4.78 is 6.96. The number of esters is 1. The van der Waals surface area contributed by atoms with Crippen molar-refractivity contribution in [3.05, 3.63) is 44.9 Å². The van der Waals surface area contributed by atoms with Gasteiger partial charge in [-0.2, -0.15) is 0 Å². The van der Waals surface area contributed by atoms with Crippen molar-refractivity contribution in [1.82, 2.24) is 9.47 Å². The molecule has 6 heteroatoms. The second-order valence-electron chi connectivity index (χ2n) is 5.66. The van der Waals surface area contributed by atoms with Crippen molar-refractivity contribution in [3.8, 4) is 0 Å². The highest BCUT2D eigenvalue weighted by molar-refractivity contribution is 7.14. The van der Waals surface area contributed by atoms with Crippen molar-refractivity contribution in [1.29, 1.82) is 0 Å². The molecule has 3 heterocycles. The molecule has 0 spiro atoms. The average Bonchev–Trinajstić information content (AvgIpc) is 3.10. The molecule has 0 N–H and O–H groups in total. The Morgan fingerprint density at radius 2 is 2.17 bits per heavy atom. The highest BCUT2D eigenvalue weighted by Crippen LogP contribution is 2.33. The van der Waals surface area contributed by atoms with Crippen LogP contribution in [-0.4, -0.2) is 34.5 Å². The minimum atomic E-state index is -0.260. The lowest BCUT2D eigenvalue weighted by Gasteiger charge is -2.27. The zero-order chi connectivity index (χ0) is 16.6. The van der Waals surface area contributed by atoms with Gasteiger partial charge in [0.2, 0.25) is 0 Å². The summed E-state index contributed by atoms with van der Waals surface area (Å²) in [4.78, 5) is 28.4. The van der Waals surface area contributed by atoms with Crippen LogP contribution in [0.1, 0.15) is 43.1 Å². The van der Waals surface area contributed by atoms with E-state index in [4.69, 9.17) is 4.74 Å². The van der Waals surface area contributed by atoms with Crippen molar-refractivity contribution in [3.63, 3.8) is 0 Å². The van der Waals surface area contributed by atoms with Gasteiger partial charge in [0.25, 0.3) is 5.91 Å². The van der Waals surface area contributed by atoms with Crippen LogP contribution in [0.4, 0.5) is 0 Å². The predicted octanol–water partition coefficient (Wildman–Crippen LogP) is 2.77. The van der Waals surface area contributed by atoms with Crippen LogP contribution in [0.25, 0.3) is 0 Å². The van der Waals surface area contributed by atoms with E-state index < -0.39 is 0 Å². The molecule has 1 aliphatic heterocycles. The molecule has 0 fully saturated rings. The predicted molar refractivity (Wildman–Crippen MR) is 88.9 cm³/mol. The Balaban J connectivity index is 1.85. The van der Waals surface area contributed by atoms with Gasteiger partial charge < -0.3 is 14.2 Å². The summed E-state index contributed by atoms with van der Waals surface area (Å²) in [5, 5.41) is 0. The first-order valence-electron chi connectivity index (χ1n) is 7.71. The summed E-state index contributed by atoms with van der Waals surface area (Å²) in [6.45, 7) is 5.36. The normalized spacial score (nSPS) is 13.8. The summed E-state index contributed by atoms with van der Waals surface area (Å²) in [7, 11) is 1.87. The number of hydrogen-bond donors (Lipinski definition) is 0. The summed E-state index contributed by atoms with van der Waals surface area (Å²) in [5.74, 6) is -0.226. The number of ether oxygens (including phenoxy) is 1. The van der Waals surface area contributed by atoms with E-state index >= 15 is 0 Å². The number of aromatic nitrogens is 1. The quantitative estimate of drug-likeness (QED) is 0.812. The Labute approximate surface area is 139 Å². The van der Waals surface area contributed by atoms with Gasteiger partial charge >= 0.3 is 5.97 Å². The van der Waals surface area contributed by atoms with Gasteiger partial charge in [0.15, 0.2) is 0 Å². The lowest BCUT2D eigenvalue weighted by atomic mass is 10.0. The Kier molecular flexibility index (Phi) is 4.26. The number of aryl methyl sites for hydroxylation is 1. The molecule has 5 nitrogen and oxygen atoms in total. The summed E-state index contributed by atoms with van der Waals surface area (Å²) >= 11 is 1.51. The van der Waals surface area contributed by atoms with Crippen LogP contribution in [-0.2, 0) is 24.8 Å². The lowest BCUT2D eigenvalue weighted by Crippen LogP contribution is -2.36. The van der Waals surface area contributed by atoms with Crippen LogP contribution in [0.15, 0.2) is 18.3 Å². The maximum absolute atomic E-state index is 12.7. The van der Waals surface area contributed by atoms with E-state index in [2.05, 4.69) is 0 Å². The molecular weight excluding hydrogens is 312 g/mol. The van der Waals surface area contributed by atoms with Gasteiger partial charge in [0.1, 0.15) is 10.6 Å². The van der Waals surface area contributed by atoms with E-state index in [0.717, 1.165) is 17.5 Å². The third-order valence-corrected chi connectivity index (χ3v) is 5.60. The van der Waals surface area contributed by atoms with Gasteiger partial charge in [0.05, 0.1) is 6.61 Å². The van der Waals surface area contributed by atoms with Crippen molar-refractivity contribution in [2.45, 2.75) is 26.8 Å². The van der Waals surface area contributed by atoms with E-state index in [9.17, 15) is 9.59 Å². The fourth-order valence-corrected chi connectivity index (χ4v) is 4.13. The monoisotopic (exact) mass is 332 g/mol. The maximum atomic E-state index is 12.7. The molecule has 0 bridgehead atoms. The molecule has 3 rings (SSSR count). The van der Waals surface area contributed by atoms with Gasteiger partial charge in [-0.3, -0.25) is 4.79 Å². The molecule has 0 atom stereocenters. The second kappa shape index (κ2) is 6.20. The third kappa shape index (κ3) is 2.79. The Bertz CT molecular complexity index is 760. The standard InChI is InChI=1S/C17H20N2O3S/c1-4-22-17(21)15-11(2)12-10-19(9-7-14(12)23-15)16(20)13-6-5-8-18(13)3/h5-6,8H,4,7,9-10H2,1-3H3. The number of fused-ring (bicyclic) bond motifs is 1. The molecule has 0 aromatic carbocycles. The fourth-order valence-electron chi connectivity index (χ4n) is 2.93. The van der Waals surface area contributed by atoms with Gasteiger partial charge in [0, 0.05) is 31.2 Å². The first-order valence-corrected chi connectivity index (χ1v) is 8.53. The van der Waals surface area contributed by atoms with E-state index in [1.165, 1.54) is 16.2 Å². The Hall–Kier alpha value is -2.08. The number of carbonyl (C=O) groups is 2. The van der Waals surface area contributed by atoms with Crippen LogP contribution in [0.2, 0.25) is 0 Å². The van der Waals surface area contributed by atoms with Crippen LogP contribution < -0.4 is 0 Å². The lowest BCUT2D eigenvalue weighted by molar-refractivity contribution is 0.0531. The van der Waals surface area contributed by atoms with Crippen LogP contribution in [0.5, 0.6) is 0 Å². The van der Waals surface area contributed by atoms with Crippen LogP contribution in [0, 0.1) is 6.92 Å². The van der Waals surface area contributed by atoms with E-state index in [1.807, 2.05) is 41.8 Å². The van der Waals surface area contributed by atoms with Crippen molar-refractivity contribution in [2.24, 2.45) is 7.05 Å².